The Balaban J connectivity index is 2.52. The summed E-state index contributed by atoms with van der Waals surface area (Å²) >= 11 is 0. The number of ketones is 1. The highest BCUT2D eigenvalue weighted by Gasteiger charge is 2.39. The molecule has 1 fully saturated rings. The first-order valence-electron chi connectivity index (χ1n) is 3.67. The van der Waals surface area contributed by atoms with E-state index in [2.05, 4.69) is 0 Å². The fourth-order valence-corrected chi connectivity index (χ4v) is 0.938. The van der Waals surface area contributed by atoms with E-state index in [0.29, 0.717) is 5.92 Å². The molecule has 2 nitrogen and oxygen atoms in total. The van der Waals surface area contributed by atoms with Crippen molar-refractivity contribution >= 4 is 5.78 Å². The molecule has 0 spiro atoms. The molecular weight excluding hydrogens is 128 g/mol. The minimum Gasteiger partial charge on any atom is -0.371 e. The Morgan fingerprint density at radius 3 is 2.30 bits per heavy atom. The van der Waals surface area contributed by atoms with Crippen LogP contribution in [0.4, 0.5) is 0 Å². The van der Waals surface area contributed by atoms with Crippen molar-refractivity contribution in [3.8, 4) is 0 Å². The quantitative estimate of drug-likeness (QED) is 0.595. The van der Waals surface area contributed by atoms with E-state index in [1.165, 1.54) is 0 Å². The molecule has 0 atom stereocenters. The molecule has 1 saturated carbocycles. The van der Waals surface area contributed by atoms with Gasteiger partial charge in [-0.1, -0.05) is 0 Å². The van der Waals surface area contributed by atoms with Crippen LogP contribution in [0.25, 0.3) is 0 Å². The van der Waals surface area contributed by atoms with E-state index in [1.54, 1.807) is 7.11 Å². The zero-order chi connectivity index (χ0) is 7.78. The highest BCUT2D eigenvalue weighted by Crippen LogP contribution is 2.34. The summed E-state index contributed by atoms with van der Waals surface area (Å²) in [5.41, 5.74) is -0.554. The molecule has 0 aromatic rings. The van der Waals surface area contributed by atoms with Gasteiger partial charge >= 0.3 is 0 Å². The first-order valence-corrected chi connectivity index (χ1v) is 3.67. The van der Waals surface area contributed by atoms with Crippen molar-refractivity contribution in [2.24, 2.45) is 5.92 Å². The molecule has 1 aliphatic carbocycles. The molecule has 0 bridgehead atoms. The Morgan fingerprint density at radius 2 is 2.00 bits per heavy atom. The maximum absolute atomic E-state index is 11.3. The highest BCUT2D eigenvalue weighted by molar-refractivity contribution is 5.90. The Hall–Kier alpha value is -0.370. The fourth-order valence-electron chi connectivity index (χ4n) is 0.938. The van der Waals surface area contributed by atoms with E-state index in [0.717, 1.165) is 12.8 Å². The van der Waals surface area contributed by atoms with Crippen molar-refractivity contribution in [1.82, 2.24) is 0 Å². The number of carbonyl (C=O) groups excluding carboxylic acids is 1. The van der Waals surface area contributed by atoms with Crippen LogP contribution in [0.5, 0.6) is 0 Å². The Labute approximate surface area is 61.6 Å². The molecule has 0 heterocycles. The molecule has 2 heteroatoms. The molecule has 0 aliphatic heterocycles. The number of methoxy groups -OCH3 is 1. The Morgan fingerprint density at radius 1 is 1.50 bits per heavy atom. The molecule has 0 radical (unpaired) electrons. The molecular formula is C8H14O2. The second-order valence-electron chi connectivity index (χ2n) is 3.35. The fraction of sp³-hybridized carbons (Fsp3) is 0.875. The summed E-state index contributed by atoms with van der Waals surface area (Å²) in [5.74, 6) is 0.560. The molecule has 0 unspecified atom stereocenters. The predicted molar refractivity (Wildman–Crippen MR) is 38.8 cm³/mol. The number of ether oxygens (including phenoxy) is 1. The molecule has 58 valence electrons. The molecule has 0 amide bonds. The lowest BCUT2D eigenvalue weighted by atomic mass is 10.00. The second kappa shape index (κ2) is 2.35. The lowest BCUT2D eigenvalue weighted by Crippen LogP contribution is -2.34. The normalized spacial score (nSPS) is 19.1. The van der Waals surface area contributed by atoms with Gasteiger partial charge in [0.15, 0.2) is 5.78 Å². The van der Waals surface area contributed by atoms with Crippen molar-refractivity contribution in [3.05, 3.63) is 0 Å². The summed E-state index contributed by atoms with van der Waals surface area (Å²) in [7, 11) is 1.58. The van der Waals surface area contributed by atoms with Crippen molar-refractivity contribution in [1.29, 1.82) is 0 Å². The van der Waals surface area contributed by atoms with Gasteiger partial charge in [-0.2, -0.15) is 0 Å². The Bertz CT molecular complexity index is 145. The van der Waals surface area contributed by atoms with Crippen LogP contribution in [-0.2, 0) is 9.53 Å². The van der Waals surface area contributed by atoms with Crippen LogP contribution in [0.2, 0.25) is 0 Å². The van der Waals surface area contributed by atoms with Crippen LogP contribution < -0.4 is 0 Å². The van der Waals surface area contributed by atoms with Gasteiger partial charge in [-0.25, -0.2) is 0 Å². The maximum Gasteiger partial charge on any atom is 0.167 e. The Kier molecular flexibility index (Phi) is 1.82. The summed E-state index contributed by atoms with van der Waals surface area (Å²) in [6.07, 6.45) is 2.12. The number of carbonyl (C=O) groups is 1. The zero-order valence-electron chi connectivity index (χ0n) is 6.81. The van der Waals surface area contributed by atoms with Gasteiger partial charge in [0.05, 0.1) is 0 Å². The number of rotatable bonds is 3. The molecule has 1 rings (SSSR count). The molecule has 1 aliphatic rings. The summed E-state index contributed by atoms with van der Waals surface area (Å²) in [4.78, 5) is 11.3. The summed E-state index contributed by atoms with van der Waals surface area (Å²) in [5, 5.41) is 0. The van der Waals surface area contributed by atoms with E-state index in [4.69, 9.17) is 4.74 Å². The first kappa shape index (κ1) is 7.73. The first-order chi connectivity index (χ1) is 4.58. The maximum atomic E-state index is 11.3. The molecule has 0 N–H and O–H groups in total. The molecule has 10 heavy (non-hydrogen) atoms. The summed E-state index contributed by atoms with van der Waals surface area (Å²) in [6.45, 7) is 3.65. The van der Waals surface area contributed by atoms with E-state index >= 15 is 0 Å². The van der Waals surface area contributed by atoms with E-state index in [1.807, 2.05) is 13.8 Å². The van der Waals surface area contributed by atoms with Crippen LogP contribution in [0.3, 0.4) is 0 Å². The monoisotopic (exact) mass is 142 g/mol. The van der Waals surface area contributed by atoms with Gasteiger partial charge in [-0.3, -0.25) is 4.79 Å². The van der Waals surface area contributed by atoms with E-state index in [9.17, 15) is 4.79 Å². The number of Topliss-reactive ketones (excluding diaryl/α,β-unsaturated/α-hetero) is 1. The topological polar surface area (TPSA) is 26.3 Å². The SMILES string of the molecule is COC(C)(C)C(=O)C1CC1. The van der Waals surface area contributed by atoms with Crippen molar-refractivity contribution in [2.45, 2.75) is 32.3 Å². The van der Waals surface area contributed by atoms with Gasteiger partial charge in [0.2, 0.25) is 0 Å². The molecule has 0 aromatic carbocycles. The third kappa shape index (κ3) is 1.37. The zero-order valence-corrected chi connectivity index (χ0v) is 6.81. The van der Waals surface area contributed by atoms with Crippen LogP contribution in [0.1, 0.15) is 26.7 Å². The number of hydrogen-bond donors (Lipinski definition) is 0. The average molecular weight is 142 g/mol. The van der Waals surface area contributed by atoms with E-state index in [-0.39, 0.29) is 5.78 Å². The standard InChI is InChI=1S/C8H14O2/c1-8(2,10-3)7(9)6-4-5-6/h6H,4-5H2,1-3H3. The lowest BCUT2D eigenvalue weighted by molar-refractivity contribution is -0.138. The molecule has 0 aromatic heterocycles. The van der Waals surface area contributed by atoms with Crippen LogP contribution in [0.15, 0.2) is 0 Å². The second-order valence-corrected chi connectivity index (χ2v) is 3.35. The minimum atomic E-state index is -0.554. The van der Waals surface area contributed by atoms with Gasteiger partial charge in [0, 0.05) is 13.0 Å². The smallest absolute Gasteiger partial charge is 0.167 e. The van der Waals surface area contributed by atoms with Gasteiger partial charge < -0.3 is 4.74 Å². The summed E-state index contributed by atoms with van der Waals surface area (Å²) in [6, 6.07) is 0. The van der Waals surface area contributed by atoms with Crippen LogP contribution in [-0.4, -0.2) is 18.5 Å². The van der Waals surface area contributed by atoms with Gasteiger partial charge in [0.1, 0.15) is 5.60 Å². The highest BCUT2D eigenvalue weighted by atomic mass is 16.5. The van der Waals surface area contributed by atoms with Crippen LogP contribution >= 0.6 is 0 Å². The van der Waals surface area contributed by atoms with Crippen LogP contribution in [0, 0.1) is 5.92 Å². The van der Waals surface area contributed by atoms with Crippen molar-refractivity contribution in [3.63, 3.8) is 0 Å². The largest absolute Gasteiger partial charge is 0.371 e. The van der Waals surface area contributed by atoms with Gasteiger partial charge in [-0.15, -0.1) is 0 Å². The summed E-state index contributed by atoms with van der Waals surface area (Å²) < 4.78 is 5.05. The third-order valence-electron chi connectivity index (χ3n) is 2.05. The van der Waals surface area contributed by atoms with Gasteiger partial charge in [0.25, 0.3) is 0 Å². The number of hydrogen-bond acceptors (Lipinski definition) is 2. The predicted octanol–water partition coefficient (Wildman–Crippen LogP) is 1.39. The van der Waals surface area contributed by atoms with Gasteiger partial charge in [-0.05, 0) is 26.7 Å². The minimum absolute atomic E-state index is 0.259. The van der Waals surface area contributed by atoms with Crippen molar-refractivity contribution < 1.29 is 9.53 Å². The van der Waals surface area contributed by atoms with Crippen molar-refractivity contribution in [2.75, 3.05) is 7.11 Å². The lowest BCUT2D eigenvalue weighted by Gasteiger charge is -2.20. The third-order valence-corrected chi connectivity index (χ3v) is 2.05. The molecule has 0 saturated heterocycles. The average Bonchev–Trinajstić information content (AvgIpc) is 2.68. The van der Waals surface area contributed by atoms with E-state index < -0.39 is 5.60 Å².